The van der Waals surface area contributed by atoms with Crippen LogP contribution in [-0.4, -0.2) is 22.3 Å². The Bertz CT molecular complexity index is 304. The minimum Gasteiger partial charge on any atom is -0.481 e. The highest BCUT2D eigenvalue weighted by Gasteiger charge is 2.25. The second-order valence-electron chi connectivity index (χ2n) is 8.04. The van der Waals surface area contributed by atoms with Crippen molar-refractivity contribution in [2.45, 2.75) is 136 Å². The molecule has 0 aromatic heterocycles. The molecule has 3 nitrogen and oxygen atoms in total. The zero-order valence-electron chi connectivity index (χ0n) is 17.7. The third-order valence-corrected chi connectivity index (χ3v) is 5.50. The van der Waals surface area contributed by atoms with E-state index < -0.39 is 18.0 Å². The number of hydrogen-bond donors (Lipinski definition) is 2. The largest absolute Gasteiger partial charge is 0.481 e. The fourth-order valence-electron chi connectivity index (χ4n) is 3.67. The fourth-order valence-corrected chi connectivity index (χ4v) is 3.67. The van der Waals surface area contributed by atoms with Gasteiger partial charge in [0.1, 0.15) is 0 Å². The topological polar surface area (TPSA) is 57.5 Å². The van der Waals surface area contributed by atoms with Gasteiger partial charge in [0, 0.05) is 0 Å². The highest BCUT2D eigenvalue weighted by molar-refractivity contribution is 5.70. The number of carbonyl (C=O) groups is 1. The first-order chi connectivity index (χ1) is 12.6. The standard InChI is InChI=1S/C23H46O3/c1-3-5-7-9-10-11-12-13-14-16-18-20-22(24)21(23(25)26)19-17-15-8-6-4-2/h21-22,24H,3-20H2,1-2H3,(H,25,26)/t21-,22+/m0/s1. The summed E-state index contributed by atoms with van der Waals surface area (Å²) in [4.78, 5) is 11.4. The normalized spacial score (nSPS) is 13.7. The molecule has 0 unspecified atom stereocenters. The highest BCUT2D eigenvalue weighted by Crippen LogP contribution is 2.20. The Morgan fingerprint density at radius 3 is 1.35 bits per heavy atom. The van der Waals surface area contributed by atoms with Crippen molar-refractivity contribution in [2.24, 2.45) is 5.92 Å². The maximum absolute atomic E-state index is 11.4. The van der Waals surface area contributed by atoms with Gasteiger partial charge in [-0.15, -0.1) is 0 Å². The Morgan fingerprint density at radius 2 is 0.962 bits per heavy atom. The predicted octanol–water partition coefficient (Wildman–Crippen LogP) is 7.11. The molecule has 0 fully saturated rings. The van der Waals surface area contributed by atoms with E-state index in [0.717, 1.165) is 25.7 Å². The molecule has 156 valence electrons. The van der Waals surface area contributed by atoms with E-state index in [2.05, 4.69) is 13.8 Å². The van der Waals surface area contributed by atoms with Gasteiger partial charge in [0.05, 0.1) is 12.0 Å². The van der Waals surface area contributed by atoms with Gasteiger partial charge in [-0.25, -0.2) is 0 Å². The lowest BCUT2D eigenvalue weighted by molar-refractivity contribution is -0.146. The van der Waals surface area contributed by atoms with Gasteiger partial charge in [-0.3, -0.25) is 4.79 Å². The monoisotopic (exact) mass is 370 g/mol. The van der Waals surface area contributed by atoms with Crippen LogP contribution in [0.15, 0.2) is 0 Å². The summed E-state index contributed by atoms with van der Waals surface area (Å²) in [5.41, 5.74) is 0. The Balaban J connectivity index is 3.61. The molecule has 0 aromatic rings. The summed E-state index contributed by atoms with van der Waals surface area (Å²) in [6.45, 7) is 4.43. The molecule has 0 rings (SSSR count). The average Bonchev–Trinajstić information content (AvgIpc) is 2.62. The molecule has 0 heterocycles. The number of rotatable bonds is 20. The lowest BCUT2D eigenvalue weighted by Crippen LogP contribution is -2.28. The van der Waals surface area contributed by atoms with E-state index in [4.69, 9.17) is 0 Å². The van der Waals surface area contributed by atoms with E-state index >= 15 is 0 Å². The third kappa shape index (κ3) is 15.7. The van der Waals surface area contributed by atoms with Gasteiger partial charge in [-0.05, 0) is 12.8 Å². The van der Waals surface area contributed by atoms with Crippen LogP contribution in [0.3, 0.4) is 0 Å². The SMILES string of the molecule is CCCCCCCCCCCCC[C@@H](O)[C@H](CCCCCCC)C(=O)O. The maximum atomic E-state index is 11.4. The van der Waals surface area contributed by atoms with Crippen LogP contribution in [0.1, 0.15) is 129 Å². The van der Waals surface area contributed by atoms with Crippen molar-refractivity contribution in [1.82, 2.24) is 0 Å². The highest BCUT2D eigenvalue weighted by atomic mass is 16.4. The fraction of sp³-hybridized carbons (Fsp3) is 0.957. The van der Waals surface area contributed by atoms with Gasteiger partial charge >= 0.3 is 5.97 Å². The first kappa shape index (κ1) is 25.4. The summed E-state index contributed by atoms with van der Waals surface area (Å²) in [5, 5.41) is 19.6. The molecule has 0 aliphatic heterocycles. The molecule has 2 N–H and O–H groups in total. The van der Waals surface area contributed by atoms with Crippen molar-refractivity contribution in [3.8, 4) is 0 Å². The summed E-state index contributed by atoms with van der Waals surface area (Å²) in [6.07, 6.45) is 20.3. The van der Waals surface area contributed by atoms with Gasteiger partial charge in [-0.1, -0.05) is 117 Å². The Labute approximate surface area is 163 Å². The Hall–Kier alpha value is -0.570. The predicted molar refractivity (Wildman–Crippen MR) is 112 cm³/mol. The van der Waals surface area contributed by atoms with Crippen molar-refractivity contribution < 1.29 is 15.0 Å². The van der Waals surface area contributed by atoms with Gasteiger partial charge in [0.25, 0.3) is 0 Å². The lowest BCUT2D eigenvalue weighted by Gasteiger charge is -2.19. The molecule has 0 aliphatic rings. The van der Waals surface area contributed by atoms with E-state index in [1.165, 1.54) is 77.0 Å². The summed E-state index contributed by atoms with van der Waals surface area (Å²) >= 11 is 0. The second-order valence-corrected chi connectivity index (χ2v) is 8.04. The first-order valence-electron chi connectivity index (χ1n) is 11.5. The number of aliphatic hydroxyl groups excluding tert-OH is 1. The van der Waals surface area contributed by atoms with E-state index in [-0.39, 0.29) is 0 Å². The molecule has 0 spiro atoms. The smallest absolute Gasteiger partial charge is 0.309 e. The van der Waals surface area contributed by atoms with Crippen molar-refractivity contribution in [2.75, 3.05) is 0 Å². The summed E-state index contributed by atoms with van der Waals surface area (Å²) in [6, 6.07) is 0. The van der Waals surface area contributed by atoms with Crippen molar-refractivity contribution in [1.29, 1.82) is 0 Å². The summed E-state index contributed by atoms with van der Waals surface area (Å²) in [5.74, 6) is -1.39. The van der Waals surface area contributed by atoms with E-state index in [0.29, 0.717) is 12.8 Å². The van der Waals surface area contributed by atoms with Crippen LogP contribution in [0, 0.1) is 5.92 Å². The van der Waals surface area contributed by atoms with Gasteiger partial charge < -0.3 is 10.2 Å². The molecule has 3 heteroatoms. The summed E-state index contributed by atoms with van der Waals surface area (Å²) < 4.78 is 0. The van der Waals surface area contributed by atoms with Crippen molar-refractivity contribution >= 4 is 5.97 Å². The van der Waals surface area contributed by atoms with Gasteiger partial charge in [0.2, 0.25) is 0 Å². The number of aliphatic hydroxyl groups is 1. The first-order valence-corrected chi connectivity index (χ1v) is 11.5. The van der Waals surface area contributed by atoms with E-state index in [1.54, 1.807) is 0 Å². The minimum absolute atomic E-state index is 0.570. The lowest BCUT2D eigenvalue weighted by atomic mass is 9.91. The molecule has 0 amide bonds. The molecular weight excluding hydrogens is 324 g/mol. The molecule has 0 aliphatic carbocycles. The Kier molecular flexibility index (Phi) is 18.8. The van der Waals surface area contributed by atoms with Crippen LogP contribution in [0.2, 0.25) is 0 Å². The van der Waals surface area contributed by atoms with E-state index in [1.807, 2.05) is 0 Å². The molecule has 0 saturated carbocycles. The molecule has 0 aromatic carbocycles. The van der Waals surface area contributed by atoms with Gasteiger partial charge in [0.15, 0.2) is 0 Å². The van der Waals surface area contributed by atoms with Gasteiger partial charge in [-0.2, -0.15) is 0 Å². The molecule has 0 radical (unpaired) electrons. The van der Waals surface area contributed by atoms with Crippen LogP contribution in [-0.2, 0) is 4.79 Å². The Morgan fingerprint density at radius 1 is 0.615 bits per heavy atom. The molecule has 26 heavy (non-hydrogen) atoms. The minimum atomic E-state index is -0.823. The maximum Gasteiger partial charge on any atom is 0.309 e. The number of unbranched alkanes of at least 4 members (excludes halogenated alkanes) is 14. The van der Waals surface area contributed by atoms with Crippen LogP contribution >= 0.6 is 0 Å². The number of aliphatic carboxylic acids is 1. The van der Waals surface area contributed by atoms with E-state index in [9.17, 15) is 15.0 Å². The van der Waals surface area contributed by atoms with Crippen LogP contribution in [0.25, 0.3) is 0 Å². The molecule has 2 atom stereocenters. The zero-order chi connectivity index (χ0) is 19.5. The van der Waals surface area contributed by atoms with Crippen molar-refractivity contribution in [3.05, 3.63) is 0 Å². The van der Waals surface area contributed by atoms with Crippen LogP contribution in [0.4, 0.5) is 0 Å². The molecule has 0 bridgehead atoms. The summed E-state index contributed by atoms with van der Waals surface area (Å²) in [7, 11) is 0. The number of carboxylic acids is 1. The quantitative estimate of drug-likeness (QED) is 0.224. The number of carboxylic acid groups (broad SMARTS) is 1. The van der Waals surface area contributed by atoms with Crippen LogP contribution < -0.4 is 0 Å². The molecule has 0 saturated heterocycles. The second kappa shape index (κ2) is 19.2. The number of hydrogen-bond acceptors (Lipinski definition) is 2. The average molecular weight is 371 g/mol. The van der Waals surface area contributed by atoms with Crippen LogP contribution in [0.5, 0.6) is 0 Å². The zero-order valence-corrected chi connectivity index (χ0v) is 17.7. The molecular formula is C23H46O3. The third-order valence-electron chi connectivity index (χ3n) is 5.50. The van der Waals surface area contributed by atoms with Crippen molar-refractivity contribution in [3.63, 3.8) is 0 Å².